The lowest BCUT2D eigenvalue weighted by atomic mass is 10.1. The number of benzene rings is 1. The number of H-pyrrole nitrogens is 1. The molecule has 86 valence electrons. The molecule has 0 aliphatic heterocycles. The summed E-state index contributed by atoms with van der Waals surface area (Å²) in [6, 6.07) is 8.98. The lowest BCUT2D eigenvalue weighted by Crippen LogP contribution is -2.26. The molecule has 1 aromatic carbocycles. The number of hydrogen-bond donors (Lipinski definition) is 1. The summed E-state index contributed by atoms with van der Waals surface area (Å²) in [5.74, 6) is 0. The van der Waals surface area contributed by atoms with Crippen LogP contribution >= 0.6 is 15.9 Å². The van der Waals surface area contributed by atoms with Crippen LogP contribution in [0.15, 0.2) is 28.9 Å². The highest BCUT2D eigenvalue weighted by Gasteiger charge is 2.13. The topological polar surface area (TPSA) is 19.0 Å². The molecule has 0 aliphatic rings. The van der Waals surface area contributed by atoms with E-state index in [0.717, 1.165) is 11.0 Å². The summed E-state index contributed by atoms with van der Waals surface area (Å²) >= 11 is 3.61. The second kappa shape index (κ2) is 4.60. The SMILES string of the molecule is C[C@H](Cc1c(Br)[nH]c2ccccc12)N(C)C. The molecule has 1 heterocycles. The Hall–Kier alpha value is -0.800. The molecule has 0 saturated carbocycles. The molecule has 0 saturated heterocycles. The zero-order valence-electron chi connectivity index (χ0n) is 9.92. The van der Waals surface area contributed by atoms with E-state index >= 15 is 0 Å². The highest BCUT2D eigenvalue weighted by atomic mass is 79.9. The third-order valence-corrected chi connectivity index (χ3v) is 3.82. The summed E-state index contributed by atoms with van der Waals surface area (Å²) in [4.78, 5) is 5.61. The molecule has 0 bridgehead atoms. The van der Waals surface area contributed by atoms with E-state index in [0.29, 0.717) is 6.04 Å². The Labute approximate surface area is 105 Å². The molecule has 16 heavy (non-hydrogen) atoms. The Kier molecular flexibility index (Phi) is 3.36. The number of nitrogens with zero attached hydrogens (tertiary/aromatic N) is 1. The summed E-state index contributed by atoms with van der Waals surface area (Å²) in [6.45, 7) is 2.24. The first-order valence-electron chi connectivity index (χ1n) is 5.51. The van der Waals surface area contributed by atoms with Crippen LogP contribution in [0.5, 0.6) is 0 Å². The number of hydrogen-bond acceptors (Lipinski definition) is 1. The van der Waals surface area contributed by atoms with Gasteiger partial charge in [-0.15, -0.1) is 0 Å². The highest BCUT2D eigenvalue weighted by Crippen LogP contribution is 2.27. The molecule has 0 fully saturated rings. The Balaban J connectivity index is 2.40. The predicted molar refractivity (Wildman–Crippen MR) is 72.9 cm³/mol. The zero-order valence-corrected chi connectivity index (χ0v) is 11.5. The minimum absolute atomic E-state index is 0.538. The van der Waals surface area contributed by atoms with Crippen LogP contribution < -0.4 is 0 Å². The second-order valence-electron chi connectivity index (χ2n) is 4.48. The Morgan fingerprint density at radius 2 is 2.00 bits per heavy atom. The van der Waals surface area contributed by atoms with Gasteiger partial charge in [-0.3, -0.25) is 0 Å². The van der Waals surface area contributed by atoms with Crippen molar-refractivity contribution in [2.75, 3.05) is 14.1 Å². The van der Waals surface area contributed by atoms with E-state index < -0.39 is 0 Å². The lowest BCUT2D eigenvalue weighted by molar-refractivity contribution is 0.312. The quantitative estimate of drug-likeness (QED) is 0.913. The van der Waals surface area contributed by atoms with E-state index in [2.05, 4.69) is 71.1 Å². The molecule has 1 N–H and O–H groups in total. The maximum atomic E-state index is 3.61. The molecular weight excluding hydrogens is 264 g/mol. The Morgan fingerprint density at radius 3 is 2.69 bits per heavy atom. The van der Waals surface area contributed by atoms with Gasteiger partial charge in [0.05, 0.1) is 4.60 Å². The zero-order chi connectivity index (χ0) is 11.7. The minimum atomic E-state index is 0.538. The maximum Gasteiger partial charge on any atom is 0.0864 e. The molecule has 2 nitrogen and oxygen atoms in total. The van der Waals surface area contributed by atoms with Crippen LogP contribution in [-0.4, -0.2) is 30.0 Å². The second-order valence-corrected chi connectivity index (χ2v) is 5.27. The van der Waals surface area contributed by atoms with E-state index in [-0.39, 0.29) is 0 Å². The number of para-hydroxylation sites is 1. The van der Waals surface area contributed by atoms with Gasteiger partial charge >= 0.3 is 0 Å². The van der Waals surface area contributed by atoms with E-state index in [1.807, 2.05) is 0 Å². The van der Waals surface area contributed by atoms with Crippen LogP contribution in [0.25, 0.3) is 10.9 Å². The molecule has 2 rings (SSSR count). The van der Waals surface area contributed by atoms with Gasteiger partial charge in [-0.25, -0.2) is 0 Å². The number of aromatic nitrogens is 1. The molecular formula is C13H17BrN2. The van der Waals surface area contributed by atoms with Crippen molar-refractivity contribution in [1.29, 1.82) is 0 Å². The van der Waals surface area contributed by atoms with Crippen molar-refractivity contribution in [3.8, 4) is 0 Å². The number of likely N-dealkylation sites (N-methyl/N-ethyl adjacent to an activating group) is 1. The van der Waals surface area contributed by atoms with Crippen LogP contribution in [0.4, 0.5) is 0 Å². The van der Waals surface area contributed by atoms with Crippen molar-refractivity contribution in [3.63, 3.8) is 0 Å². The number of fused-ring (bicyclic) bond motifs is 1. The molecule has 1 aromatic heterocycles. The van der Waals surface area contributed by atoms with Crippen molar-refractivity contribution in [3.05, 3.63) is 34.4 Å². The first kappa shape index (κ1) is 11.7. The van der Waals surface area contributed by atoms with Crippen molar-refractivity contribution < 1.29 is 0 Å². The molecule has 0 spiro atoms. The van der Waals surface area contributed by atoms with E-state index in [1.54, 1.807) is 0 Å². The predicted octanol–water partition coefficient (Wildman–Crippen LogP) is 3.42. The van der Waals surface area contributed by atoms with Gasteiger partial charge in [0, 0.05) is 16.9 Å². The fourth-order valence-electron chi connectivity index (χ4n) is 1.84. The van der Waals surface area contributed by atoms with Gasteiger partial charge in [0.1, 0.15) is 0 Å². The largest absolute Gasteiger partial charge is 0.349 e. The standard InChI is InChI=1S/C13H17BrN2/c1-9(16(2)3)8-11-10-6-4-5-7-12(10)15-13(11)14/h4-7,9,15H,8H2,1-3H3/t9-/m1/s1. The summed E-state index contributed by atoms with van der Waals surface area (Å²) in [6.07, 6.45) is 1.05. The monoisotopic (exact) mass is 280 g/mol. The van der Waals surface area contributed by atoms with E-state index in [9.17, 15) is 0 Å². The van der Waals surface area contributed by atoms with E-state index in [1.165, 1.54) is 16.5 Å². The van der Waals surface area contributed by atoms with Crippen molar-refractivity contribution >= 4 is 26.8 Å². The van der Waals surface area contributed by atoms with E-state index in [4.69, 9.17) is 0 Å². The first-order chi connectivity index (χ1) is 7.59. The van der Waals surface area contributed by atoms with Crippen LogP contribution in [0.3, 0.4) is 0 Å². The van der Waals surface area contributed by atoms with Crippen LogP contribution in [0.2, 0.25) is 0 Å². The molecule has 0 amide bonds. The maximum absolute atomic E-state index is 3.61. The minimum Gasteiger partial charge on any atom is -0.349 e. The summed E-state index contributed by atoms with van der Waals surface area (Å²) in [5.41, 5.74) is 2.58. The van der Waals surface area contributed by atoms with Crippen molar-refractivity contribution in [1.82, 2.24) is 9.88 Å². The third-order valence-electron chi connectivity index (χ3n) is 3.14. The fraction of sp³-hybridized carbons (Fsp3) is 0.385. The molecule has 2 aromatic rings. The van der Waals surface area contributed by atoms with Gasteiger partial charge in [0.2, 0.25) is 0 Å². The third kappa shape index (κ3) is 2.15. The molecule has 0 aliphatic carbocycles. The molecule has 0 unspecified atom stereocenters. The number of rotatable bonds is 3. The lowest BCUT2D eigenvalue weighted by Gasteiger charge is -2.19. The Morgan fingerprint density at radius 1 is 1.31 bits per heavy atom. The molecule has 1 atom stereocenters. The van der Waals surface area contributed by atoms with Gasteiger partial charge in [0.25, 0.3) is 0 Å². The normalized spacial score (nSPS) is 13.6. The van der Waals surface area contributed by atoms with Crippen LogP contribution in [0.1, 0.15) is 12.5 Å². The number of aromatic amines is 1. The van der Waals surface area contributed by atoms with Gasteiger partial charge in [-0.1, -0.05) is 18.2 Å². The number of nitrogens with one attached hydrogen (secondary N) is 1. The number of halogens is 1. The summed E-state index contributed by atoms with van der Waals surface area (Å²) in [5, 5.41) is 1.32. The molecule has 0 radical (unpaired) electrons. The Bertz CT molecular complexity index is 488. The van der Waals surface area contributed by atoms with Gasteiger partial charge < -0.3 is 9.88 Å². The average Bonchev–Trinajstić information content (AvgIpc) is 2.55. The van der Waals surface area contributed by atoms with Crippen LogP contribution in [0, 0.1) is 0 Å². The van der Waals surface area contributed by atoms with Gasteiger partial charge in [-0.05, 0) is 55.0 Å². The van der Waals surface area contributed by atoms with Gasteiger partial charge in [0.15, 0.2) is 0 Å². The molecule has 3 heteroatoms. The summed E-state index contributed by atoms with van der Waals surface area (Å²) < 4.78 is 1.11. The average molecular weight is 281 g/mol. The highest BCUT2D eigenvalue weighted by molar-refractivity contribution is 9.10. The smallest absolute Gasteiger partial charge is 0.0864 e. The first-order valence-corrected chi connectivity index (χ1v) is 6.30. The van der Waals surface area contributed by atoms with Crippen molar-refractivity contribution in [2.24, 2.45) is 0 Å². The van der Waals surface area contributed by atoms with Crippen LogP contribution in [-0.2, 0) is 6.42 Å². The summed E-state index contributed by atoms with van der Waals surface area (Å²) in [7, 11) is 4.24. The fourth-order valence-corrected chi connectivity index (χ4v) is 2.43. The van der Waals surface area contributed by atoms with Crippen molar-refractivity contribution in [2.45, 2.75) is 19.4 Å². The van der Waals surface area contributed by atoms with Gasteiger partial charge in [-0.2, -0.15) is 0 Å².